The molecule has 0 aliphatic carbocycles. The van der Waals surface area contributed by atoms with Crippen LogP contribution in [0.25, 0.3) is 0 Å². The van der Waals surface area contributed by atoms with E-state index < -0.39 is 0 Å². The van der Waals surface area contributed by atoms with Gasteiger partial charge in [0.25, 0.3) is 0 Å². The lowest BCUT2D eigenvalue weighted by molar-refractivity contribution is 0.661. The lowest BCUT2D eigenvalue weighted by atomic mass is 10.2. The Hall–Kier alpha value is -1.02. The van der Waals surface area contributed by atoms with Crippen LogP contribution in [0, 0.1) is 0 Å². The summed E-state index contributed by atoms with van der Waals surface area (Å²) < 4.78 is 1.70. The fraction of sp³-hybridized carbons (Fsp3) is 0.500. The van der Waals surface area contributed by atoms with E-state index in [2.05, 4.69) is 64.1 Å². The molecule has 0 saturated heterocycles. The lowest BCUT2D eigenvalue weighted by Crippen LogP contribution is -2.15. The van der Waals surface area contributed by atoms with Gasteiger partial charge in [-0.25, -0.2) is 4.68 Å². The first-order valence-electron chi connectivity index (χ1n) is 6.99. The van der Waals surface area contributed by atoms with Gasteiger partial charge in [-0.3, -0.25) is 0 Å². The molecule has 1 aromatic heterocycles. The van der Waals surface area contributed by atoms with Gasteiger partial charge in [0.2, 0.25) is 5.16 Å². The normalized spacial score (nSPS) is 9.87. The number of nitrogens with zero attached hydrogens (tertiary/aromatic N) is 5. The van der Waals surface area contributed by atoms with Crippen molar-refractivity contribution in [1.29, 1.82) is 0 Å². The van der Waals surface area contributed by atoms with Crippen LogP contribution >= 0.6 is 36.6 Å². The second-order valence-electron chi connectivity index (χ2n) is 5.02. The summed E-state index contributed by atoms with van der Waals surface area (Å²) in [5.41, 5.74) is 2.54. The quantitative estimate of drug-likeness (QED) is 0.562. The van der Waals surface area contributed by atoms with Gasteiger partial charge in [-0.15, -0.1) is 29.9 Å². The molecule has 2 rings (SSSR count). The summed E-state index contributed by atoms with van der Waals surface area (Å²) in [6, 6.07) is 8.63. The molecule has 0 bridgehead atoms. The molecule has 0 unspecified atom stereocenters. The summed E-state index contributed by atoms with van der Waals surface area (Å²) in [7, 11) is 5.97. The zero-order valence-electron chi connectivity index (χ0n) is 13.6. The predicted molar refractivity (Wildman–Crippen MR) is 101 cm³/mol. The van der Waals surface area contributed by atoms with Crippen molar-refractivity contribution in [1.82, 2.24) is 25.5 Å². The van der Waals surface area contributed by atoms with Gasteiger partial charge >= 0.3 is 0 Å². The second kappa shape index (κ2) is 11.5. The number of hydrogen-bond acceptors (Lipinski definition) is 6. The van der Waals surface area contributed by atoms with E-state index >= 15 is 0 Å². The SMILES string of the molecule is CN(C)c1ccc(CNCCCSc2nnnn2C)cc1.Cl.Cl. The molecule has 0 atom stereocenters. The average Bonchev–Trinajstić information content (AvgIpc) is 2.88. The van der Waals surface area contributed by atoms with Crippen molar-refractivity contribution in [3.63, 3.8) is 0 Å². The molecule has 1 N–H and O–H groups in total. The van der Waals surface area contributed by atoms with Crippen molar-refractivity contribution in [2.24, 2.45) is 7.05 Å². The maximum atomic E-state index is 3.94. The van der Waals surface area contributed by atoms with E-state index in [0.717, 1.165) is 30.4 Å². The van der Waals surface area contributed by atoms with Crippen LogP contribution in [0.3, 0.4) is 0 Å². The Bertz CT molecular complexity index is 546. The number of benzene rings is 1. The minimum Gasteiger partial charge on any atom is -0.378 e. The summed E-state index contributed by atoms with van der Waals surface area (Å²) in [6.45, 7) is 1.90. The standard InChI is InChI=1S/C14H22N6S.2ClH/c1-19(2)13-7-5-12(6-8-13)11-15-9-4-10-21-14-16-17-18-20(14)3;;/h5-8,15H,4,9-11H2,1-3H3;2*1H. The van der Waals surface area contributed by atoms with E-state index in [1.54, 1.807) is 16.4 Å². The number of tetrazole rings is 1. The molecule has 1 heterocycles. The fourth-order valence-electron chi connectivity index (χ4n) is 1.85. The van der Waals surface area contributed by atoms with Crippen LogP contribution < -0.4 is 10.2 Å². The smallest absolute Gasteiger partial charge is 0.209 e. The topological polar surface area (TPSA) is 58.9 Å². The van der Waals surface area contributed by atoms with E-state index in [9.17, 15) is 0 Å². The van der Waals surface area contributed by atoms with Gasteiger partial charge < -0.3 is 10.2 Å². The van der Waals surface area contributed by atoms with Crippen LogP contribution in [0.5, 0.6) is 0 Å². The highest BCUT2D eigenvalue weighted by molar-refractivity contribution is 7.99. The Balaban J connectivity index is 0.00000242. The molecule has 0 aliphatic heterocycles. The van der Waals surface area contributed by atoms with Gasteiger partial charge in [0.15, 0.2) is 0 Å². The Labute approximate surface area is 154 Å². The van der Waals surface area contributed by atoms with Crippen LogP contribution in [0.1, 0.15) is 12.0 Å². The monoisotopic (exact) mass is 378 g/mol. The van der Waals surface area contributed by atoms with Gasteiger partial charge in [0, 0.05) is 39.1 Å². The molecule has 6 nitrogen and oxygen atoms in total. The lowest BCUT2D eigenvalue weighted by Gasteiger charge is -2.12. The predicted octanol–water partition coefficient (Wildman–Crippen LogP) is 2.39. The van der Waals surface area contributed by atoms with Crippen molar-refractivity contribution in [3.8, 4) is 0 Å². The Morgan fingerprint density at radius 1 is 1.17 bits per heavy atom. The third-order valence-electron chi connectivity index (χ3n) is 3.09. The summed E-state index contributed by atoms with van der Waals surface area (Å²) in [6.07, 6.45) is 1.09. The van der Waals surface area contributed by atoms with E-state index in [4.69, 9.17) is 0 Å². The summed E-state index contributed by atoms with van der Waals surface area (Å²) in [5, 5.41) is 15.7. The fourth-order valence-corrected chi connectivity index (χ4v) is 2.64. The number of nitrogens with one attached hydrogen (secondary N) is 1. The van der Waals surface area contributed by atoms with Gasteiger partial charge in [-0.05, 0) is 41.1 Å². The molecule has 9 heteroatoms. The Kier molecular flexibility index (Phi) is 11.0. The largest absolute Gasteiger partial charge is 0.378 e. The van der Waals surface area contributed by atoms with E-state index in [0.29, 0.717) is 0 Å². The van der Waals surface area contributed by atoms with Gasteiger partial charge in [0.1, 0.15) is 0 Å². The van der Waals surface area contributed by atoms with Crippen molar-refractivity contribution in [3.05, 3.63) is 29.8 Å². The van der Waals surface area contributed by atoms with Gasteiger partial charge in [0.05, 0.1) is 0 Å². The summed E-state index contributed by atoms with van der Waals surface area (Å²) >= 11 is 1.69. The average molecular weight is 379 g/mol. The second-order valence-corrected chi connectivity index (χ2v) is 6.09. The van der Waals surface area contributed by atoms with Crippen LogP contribution in [0.2, 0.25) is 0 Å². The van der Waals surface area contributed by atoms with Crippen molar-refractivity contribution in [2.75, 3.05) is 31.3 Å². The minimum absolute atomic E-state index is 0. The molecule has 0 spiro atoms. The highest BCUT2D eigenvalue weighted by Crippen LogP contribution is 2.13. The van der Waals surface area contributed by atoms with Crippen molar-refractivity contribution in [2.45, 2.75) is 18.1 Å². The Morgan fingerprint density at radius 2 is 1.87 bits per heavy atom. The first-order valence-corrected chi connectivity index (χ1v) is 7.97. The van der Waals surface area contributed by atoms with Gasteiger partial charge in [-0.1, -0.05) is 23.9 Å². The van der Waals surface area contributed by atoms with E-state index in [-0.39, 0.29) is 24.8 Å². The summed E-state index contributed by atoms with van der Waals surface area (Å²) in [5.74, 6) is 1.01. The van der Waals surface area contributed by atoms with Crippen LogP contribution in [0.15, 0.2) is 29.4 Å². The zero-order valence-corrected chi connectivity index (χ0v) is 16.0. The molecule has 0 aliphatic rings. The molecule has 1 aromatic carbocycles. The molecule has 0 fully saturated rings. The van der Waals surface area contributed by atoms with Crippen molar-refractivity contribution < 1.29 is 0 Å². The highest BCUT2D eigenvalue weighted by atomic mass is 35.5. The zero-order chi connectivity index (χ0) is 15.1. The summed E-state index contributed by atoms with van der Waals surface area (Å²) in [4.78, 5) is 2.11. The number of hydrogen-bond donors (Lipinski definition) is 1. The molecule has 2 aromatic rings. The number of anilines is 1. The van der Waals surface area contributed by atoms with Crippen molar-refractivity contribution >= 4 is 42.3 Å². The first kappa shape index (κ1) is 22.0. The molecule has 0 saturated carbocycles. The maximum absolute atomic E-state index is 3.94. The number of rotatable bonds is 8. The maximum Gasteiger partial charge on any atom is 0.209 e. The van der Waals surface area contributed by atoms with Crippen LogP contribution in [-0.4, -0.2) is 46.6 Å². The highest BCUT2D eigenvalue weighted by Gasteiger charge is 2.01. The molecule has 23 heavy (non-hydrogen) atoms. The first-order chi connectivity index (χ1) is 10.2. The number of halogens is 2. The Morgan fingerprint density at radius 3 is 2.43 bits per heavy atom. The minimum atomic E-state index is 0. The number of thioether (sulfide) groups is 1. The van der Waals surface area contributed by atoms with Gasteiger partial charge in [-0.2, -0.15) is 0 Å². The third-order valence-corrected chi connectivity index (χ3v) is 4.19. The number of aryl methyl sites for hydroxylation is 1. The van der Waals surface area contributed by atoms with Crippen LogP contribution in [0.4, 0.5) is 5.69 Å². The molecular formula is C14H24Cl2N6S. The number of aromatic nitrogens is 4. The van der Waals surface area contributed by atoms with E-state index in [1.807, 2.05) is 7.05 Å². The third kappa shape index (κ3) is 7.39. The van der Waals surface area contributed by atoms with E-state index in [1.165, 1.54) is 11.3 Å². The molecule has 130 valence electrons. The van der Waals surface area contributed by atoms with Crippen LogP contribution in [-0.2, 0) is 13.6 Å². The molecular weight excluding hydrogens is 355 g/mol. The molecule has 0 radical (unpaired) electrons. The molecule has 0 amide bonds.